The molecule has 0 saturated carbocycles. The van der Waals surface area contributed by atoms with Gasteiger partial charge in [0, 0.05) is 5.56 Å². The second-order valence-corrected chi connectivity index (χ2v) is 2.12. The average molecular weight is 170 g/mol. The Bertz CT molecular complexity index is 271. The van der Waals surface area contributed by atoms with Crippen LogP contribution >= 0.6 is 0 Å². The van der Waals surface area contributed by atoms with Gasteiger partial charge in [0.1, 0.15) is 5.75 Å². The van der Waals surface area contributed by atoms with E-state index in [0.29, 0.717) is 5.56 Å². The van der Waals surface area contributed by atoms with Crippen LogP contribution in [0.2, 0.25) is 0 Å². The predicted octanol–water partition coefficient (Wildman–Crippen LogP) is 2.93. The highest BCUT2D eigenvalue weighted by Gasteiger charge is 2.05. The number of benzene rings is 1. The average Bonchev–Trinajstić information content (AvgIpc) is 2.04. The van der Waals surface area contributed by atoms with Crippen molar-refractivity contribution in [2.45, 2.75) is 6.61 Å². The summed E-state index contributed by atoms with van der Waals surface area (Å²) in [5, 5.41) is 0. The molecule has 0 fully saturated rings. The van der Waals surface area contributed by atoms with E-state index < -0.39 is 6.61 Å². The molecule has 1 rings (SSSR count). The van der Waals surface area contributed by atoms with Crippen molar-refractivity contribution in [2.24, 2.45) is 0 Å². The molecule has 0 aliphatic heterocycles. The summed E-state index contributed by atoms with van der Waals surface area (Å²) in [6, 6.07) is 6.49. The molecule has 1 aromatic rings. The summed E-state index contributed by atoms with van der Waals surface area (Å²) in [7, 11) is 0. The lowest BCUT2D eigenvalue weighted by atomic mass is 10.2. The van der Waals surface area contributed by atoms with Gasteiger partial charge in [0.05, 0.1) is 0 Å². The molecule has 0 radical (unpaired) electrons. The summed E-state index contributed by atoms with van der Waals surface area (Å²) >= 11 is 0. The Morgan fingerprint density at radius 3 is 2.58 bits per heavy atom. The van der Waals surface area contributed by atoms with Gasteiger partial charge in [-0.1, -0.05) is 30.9 Å². The van der Waals surface area contributed by atoms with Crippen LogP contribution in [0.5, 0.6) is 5.75 Å². The van der Waals surface area contributed by atoms with Crippen molar-refractivity contribution in [2.75, 3.05) is 0 Å². The number of ether oxygens (including phenoxy) is 1. The van der Waals surface area contributed by atoms with Crippen molar-refractivity contribution in [1.29, 1.82) is 0 Å². The van der Waals surface area contributed by atoms with Crippen molar-refractivity contribution < 1.29 is 13.5 Å². The maximum Gasteiger partial charge on any atom is 0.387 e. The van der Waals surface area contributed by atoms with Gasteiger partial charge in [-0.05, 0) is 6.07 Å². The minimum absolute atomic E-state index is 0.155. The Labute approximate surface area is 69.3 Å². The minimum atomic E-state index is -2.79. The van der Waals surface area contributed by atoms with Crippen LogP contribution in [-0.4, -0.2) is 6.61 Å². The van der Waals surface area contributed by atoms with Gasteiger partial charge < -0.3 is 4.74 Å². The fourth-order valence-corrected chi connectivity index (χ4v) is 0.852. The molecule has 1 nitrogen and oxygen atoms in total. The lowest BCUT2D eigenvalue weighted by molar-refractivity contribution is -0.0499. The van der Waals surface area contributed by atoms with Crippen LogP contribution in [0.15, 0.2) is 30.8 Å². The van der Waals surface area contributed by atoms with Gasteiger partial charge in [-0.25, -0.2) is 0 Å². The van der Waals surface area contributed by atoms with E-state index in [-0.39, 0.29) is 5.75 Å². The molecule has 0 aliphatic rings. The highest BCUT2D eigenvalue weighted by molar-refractivity contribution is 5.55. The molecule has 0 aromatic heterocycles. The molecule has 3 heteroatoms. The molecular weight excluding hydrogens is 162 g/mol. The van der Waals surface area contributed by atoms with Crippen LogP contribution in [0.25, 0.3) is 6.08 Å². The molecule has 0 atom stereocenters. The summed E-state index contributed by atoms with van der Waals surface area (Å²) in [5.41, 5.74) is 0.567. The number of rotatable bonds is 3. The Morgan fingerprint density at radius 1 is 1.33 bits per heavy atom. The predicted molar refractivity (Wildman–Crippen MR) is 43.2 cm³/mol. The number of para-hydroxylation sites is 1. The molecule has 0 N–H and O–H groups in total. The molecule has 1 aromatic carbocycles. The van der Waals surface area contributed by atoms with Crippen LogP contribution in [0.1, 0.15) is 5.56 Å². The van der Waals surface area contributed by atoms with Crippen LogP contribution in [0, 0.1) is 0 Å². The van der Waals surface area contributed by atoms with Crippen molar-refractivity contribution in [3.8, 4) is 5.75 Å². The first-order chi connectivity index (χ1) is 5.74. The van der Waals surface area contributed by atoms with Crippen LogP contribution in [0.4, 0.5) is 8.78 Å². The minimum Gasteiger partial charge on any atom is -0.434 e. The molecule has 64 valence electrons. The maximum atomic E-state index is 11.8. The fraction of sp³-hybridized carbons (Fsp3) is 0.111. The van der Waals surface area contributed by atoms with E-state index in [1.807, 2.05) is 0 Å². The Morgan fingerprint density at radius 2 is 2.00 bits per heavy atom. The third-order valence-electron chi connectivity index (χ3n) is 1.35. The molecule has 0 saturated heterocycles. The second kappa shape index (κ2) is 3.85. The summed E-state index contributed by atoms with van der Waals surface area (Å²) < 4.78 is 27.8. The van der Waals surface area contributed by atoms with E-state index in [1.165, 1.54) is 12.1 Å². The van der Waals surface area contributed by atoms with Gasteiger partial charge >= 0.3 is 6.61 Å². The van der Waals surface area contributed by atoms with Gasteiger partial charge in [-0.3, -0.25) is 0 Å². The zero-order chi connectivity index (χ0) is 8.97. The van der Waals surface area contributed by atoms with E-state index in [1.54, 1.807) is 18.2 Å². The van der Waals surface area contributed by atoms with Crippen LogP contribution < -0.4 is 4.74 Å². The van der Waals surface area contributed by atoms with Gasteiger partial charge in [0.15, 0.2) is 0 Å². The maximum absolute atomic E-state index is 11.8. The van der Waals surface area contributed by atoms with Crippen molar-refractivity contribution >= 4 is 6.08 Å². The standard InChI is InChI=1S/C9H8F2O/c1-2-7-5-3-4-6-8(7)12-9(10)11/h2-6,9H,1H2. The molecule has 0 spiro atoms. The van der Waals surface area contributed by atoms with Gasteiger partial charge in [-0.2, -0.15) is 8.78 Å². The Balaban J connectivity index is 2.89. The highest BCUT2D eigenvalue weighted by atomic mass is 19.3. The largest absolute Gasteiger partial charge is 0.434 e. The Hall–Kier alpha value is -1.38. The zero-order valence-corrected chi connectivity index (χ0v) is 6.34. The number of hydrogen-bond donors (Lipinski definition) is 0. The van der Waals surface area contributed by atoms with E-state index in [0.717, 1.165) is 0 Å². The summed E-state index contributed by atoms with van der Waals surface area (Å²) in [6.45, 7) is 0.688. The van der Waals surface area contributed by atoms with Crippen molar-refractivity contribution in [3.63, 3.8) is 0 Å². The van der Waals surface area contributed by atoms with Crippen molar-refractivity contribution in [3.05, 3.63) is 36.4 Å². The van der Waals surface area contributed by atoms with E-state index in [9.17, 15) is 8.78 Å². The topological polar surface area (TPSA) is 9.23 Å². The Kier molecular flexibility index (Phi) is 2.80. The third-order valence-corrected chi connectivity index (χ3v) is 1.35. The van der Waals surface area contributed by atoms with Crippen LogP contribution in [-0.2, 0) is 0 Å². The molecule has 0 unspecified atom stereocenters. The fourth-order valence-electron chi connectivity index (χ4n) is 0.852. The van der Waals surface area contributed by atoms with E-state index >= 15 is 0 Å². The summed E-state index contributed by atoms with van der Waals surface area (Å²) in [6.07, 6.45) is 1.47. The SMILES string of the molecule is C=Cc1ccccc1OC(F)F. The molecule has 0 heterocycles. The number of hydrogen-bond acceptors (Lipinski definition) is 1. The normalized spacial score (nSPS) is 9.92. The summed E-state index contributed by atoms with van der Waals surface area (Å²) in [4.78, 5) is 0. The molecule has 12 heavy (non-hydrogen) atoms. The number of alkyl halides is 2. The molecule has 0 bridgehead atoms. The van der Waals surface area contributed by atoms with Gasteiger partial charge in [0.2, 0.25) is 0 Å². The van der Waals surface area contributed by atoms with Crippen molar-refractivity contribution in [1.82, 2.24) is 0 Å². The lowest BCUT2D eigenvalue weighted by Crippen LogP contribution is -2.02. The molecular formula is C9H8F2O. The van der Waals surface area contributed by atoms with E-state index in [2.05, 4.69) is 11.3 Å². The molecule has 0 aliphatic carbocycles. The second-order valence-electron chi connectivity index (χ2n) is 2.12. The first-order valence-electron chi connectivity index (χ1n) is 3.40. The van der Waals surface area contributed by atoms with Gasteiger partial charge in [-0.15, -0.1) is 0 Å². The zero-order valence-electron chi connectivity index (χ0n) is 6.34. The summed E-state index contributed by atoms with van der Waals surface area (Å²) in [5.74, 6) is 0.155. The highest BCUT2D eigenvalue weighted by Crippen LogP contribution is 2.20. The third kappa shape index (κ3) is 2.05. The smallest absolute Gasteiger partial charge is 0.387 e. The molecule has 0 amide bonds. The van der Waals surface area contributed by atoms with Crippen LogP contribution in [0.3, 0.4) is 0 Å². The monoisotopic (exact) mass is 170 g/mol. The first kappa shape index (κ1) is 8.71. The number of halogens is 2. The lowest BCUT2D eigenvalue weighted by Gasteiger charge is -2.06. The quantitative estimate of drug-likeness (QED) is 0.677. The van der Waals surface area contributed by atoms with Gasteiger partial charge in [0.25, 0.3) is 0 Å². The van der Waals surface area contributed by atoms with E-state index in [4.69, 9.17) is 0 Å². The first-order valence-corrected chi connectivity index (χ1v) is 3.40.